The van der Waals surface area contributed by atoms with E-state index in [2.05, 4.69) is 66.2 Å². The van der Waals surface area contributed by atoms with Gasteiger partial charge in [-0.1, -0.05) is 83.8 Å². The Morgan fingerprint density at radius 3 is 2.20 bits per heavy atom. The van der Waals surface area contributed by atoms with Gasteiger partial charge in [0.25, 0.3) is 0 Å². The lowest BCUT2D eigenvalue weighted by atomic mass is 9.92. The maximum Gasteiger partial charge on any atom is 0.0441 e. The fourth-order valence-electron chi connectivity index (χ4n) is 2.38. The molecule has 0 bridgehead atoms. The van der Waals surface area contributed by atoms with E-state index in [1.807, 2.05) is 12.1 Å². The zero-order chi connectivity index (χ0) is 14.5. The van der Waals surface area contributed by atoms with E-state index < -0.39 is 0 Å². The Bertz CT molecular complexity index is 546. The lowest BCUT2D eigenvalue weighted by Gasteiger charge is -2.16. The zero-order valence-corrected chi connectivity index (χ0v) is 14.3. The van der Waals surface area contributed by atoms with E-state index >= 15 is 0 Å². The van der Waals surface area contributed by atoms with Crippen LogP contribution in [0.1, 0.15) is 42.4 Å². The van der Waals surface area contributed by atoms with Crippen LogP contribution in [0.5, 0.6) is 0 Å². The molecule has 0 fully saturated rings. The van der Waals surface area contributed by atoms with E-state index in [9.17, 15) is 0 Å². The van der Waals surface area contributed by atoms with Crippen molar-refractivity contribution >= 4 is 27.5 Å². The molecule has 0 radical (unpaired) electrons. The fraction of sp³-hybridized carbons (Fsp3) is 0.333. The second-order valence-corrected chi connectivity index (χ2v) is 6.53. The number of hydrogen-bond donors (Lipinski definition) is 0. The molecule has 106 valence electrons. The number of halogens is 2. The molecule has 0 aromatic heterocycles. The number of alkyl halides is 1. The molecule has 2 aromatic rings. The summed E-state index contributed by atoms with van der Waals surface area (Å²) in [5, 5.41) is 1.78. The predicted octanol–water partition coefficient (Wildman–Crippen LogP) is 6.18. The van der Waals surface area contributed by atoms with Gasteiger partial charge in [0.15, 0.2) is 0 Å². The largest absolute Gasteiger partial charge is 0.0921 e. The molecule has 0 saturated heterocycles. The van der Waals surface area contributed by atoms with E-state index in [-0.39, 0.29) is 0 Å². The third-order valence-corrected chi connectivity index (χ3v) is 4.79. The molecule has 2 heteroatoms. The third-order valence-electron chi connectivity index (χ3n) is 3.66. The molecule has 1 atom stereocenters. The maximum atomic E-state index is 6.31. The summed E-state index contributed by atoms with van der Waals surface area (Å²) < 4.78 is 0. The molecule has 0 N–H and O–H groups in total. The highest BCUT2D eigenvalue weighted by Crippen LogP contribution is 2.29. The van der Waals surface area contributed by atoms with Crippen LogP contribution in [0.2, 0.25) is 5.02 Å². The minimum absolute atomic E-state index is 0.411. The van der Waals surface area contributed by atoms with Crippen LogP contribution in [0.15, 0.2) is 48.5 Å². The summed E-state index contributed by atoms with van der Waals surface area (Å²) in [4.78, 5) is 0. The Kier molecular flexibility index (Phi) is 5.68. The maximum absolute atomic E-state index is 6.31. The van der Waals surface area contributed by atoms with Crippen LogP contribution in [0.3, 0.4) is 0 Å². The second kappa shape index (κ2) is 7.28. The van der Waals surface area contributed by atoms with E-state index in [4.69, 9.17) is 11.6 Å². The average Bonchev–Trinajstić information content (AvgIpc) is 2.46. The molecule has 0 heterocycles. The molecular formula is C18H20BrCl. The highest BCUT2D eigenvalue weighted by molar-refractivity contribution is 9.09. The summed E-state index contributed by atoms with van der Waals surface area (Å²) in [6.45, 7) is 4.44. The monoisotopic (exact) mass is 350 g/mol. The van der Waals surface area contributed by atoms with Gasteiger partial charge in [-0.25, -0.2) is 0 Å². The van der Waals surface area contributed by atoms with E-state index in [0.29, 0.717) is 11.8 Å². The number of rotatable bonds is 5. The van der Waals surface area contributed by atoms with E-state index in [0.717, 1.165) is 16.8 Å². The van der Waals surface area contributed by atoms with E-state index in [1.54, 1.807) is 0 Å². The Morgan fingerprint density at radius 2 is 1.65 bits per heavy atom. The lowest BCUT2D eigenvalue weighted by molar-refractivity contribution is 0.774. The molecule has 0 aliphatic heterocycles. The van der Waals surface area contributed by atoms with E-state index in [1.165, 1.54) is 16.7 Å². The molecule has 2 aromatic carbocycles. The normalized spacial score (nSPS) is 12.7. The standard InChI is InChI=1S/C18H20BrCl/c1-13(2)15-9-7-14(8-10-15)11-16(12-19)17-5-3-4-6-18(17)20/h3-10,13,16H,11-12H2,1-2H3. The van der Waals surface area contributed by atoms with Crippen molar-refractivity contribution in [2.45, 2.75) is 32.1 Å². The van der Waals surface area contributed by atoms with Crippen molar-refractivity contribution in [1.29, 1.82) is 0 Å². The van der Waals surface area contributed by atoms with Crippen LogP contribution in [0.4, 0.5) is 0 Å². The number of hydrogen-bond acceptors (Lipinski definition) is 0. The van der Waals surface area contributed by atoms with Crippen molar-refractivity contribution in [3.63, 3.8) is 0 Å². The SMILES string of the molecule is CC(C)c1ccc(CC(CBr)c2ccccc2Cl)cc1. The Balaban J connectivity index is 2.16. The van der Waals surface area contributed by atoms with Gasteiger partial charge in [-0.05, 0) is 41.0 Å². The fourth-order valence-corrected chi connectivity index (χ4v) is 3.24. The minimum Gasteiger partial charge on any atom is -0.0921 e. The van der Waals surface area contributed by atoms with Gasteiger partial charge >= 0.3 is 0 Å². The third kappa shape index (κ3) is 3.86. The first kappa shape index (κ1) is 15.6. The minimum atomic E-state index is 0.411. The van der Waals surface area contributed by atoms with Gasteiger partial charge in [0.1, 0.15) is 0 Å². The van der Waals surface area contributed by atoms with Gasteiger partial charge in [-0.2, -0.15) is 0 Å². The van der Waals surface area contributed by atoms with Crippen molar-refractivity contribution in [3.05, 3.63) is 70.2 Å². The van der Waals surface area contributed by atoms with Gasteiger partial charge in [-0.3, -0.25) is 0 Å². The molecule has 20 heavy (non-hydrogen) atoms. The summed E-state index contributed by atoms with van der Waals surface area (Å²) in [6, 6.07) is 17.1. The molecule has 0 aliphatic rings. The second-order valence-electron chi connectivity index (χ2n) is 5.47. The summed E-state index contributed by atoms with van der Waals surface area (Å²) in [7, 11) is 0. The van der Waals surface area contributed by atoms with Crippen LogP contribution in [-0.4, -0.2) is 5.33 Å². The molecule has 2 rings (SSSR count). The van der Waals surface area contributed by atoms with Crippen molar-refractivity contribution < 1.29 is 0 Å². The first-order valence-corrected chi connectivity index (χ1v) is 8.51. The first-order chi connectivity index (χ1) is 9.61. The molecule has 0 nitrogen and oxygen atoms in total. The van der Waals surface area contributed by atoms with Gasteiger partial charge in [0.05, 0.1) is 0 Å². The molecule has 0 aliphatic carbocycles. The zero-order valence-electron chi connectivity index (χ0n) is 11.9. The van der Waals surface area contributed by atoms with Crippen molar-refractivity contribution in [3.8, 4) is 0 Å². The molecule has 0 amide bonds. The van der Waals surface area contributed by atoms with Gasteiger partial charge < -0.3 is 0 Å². The Morgan fingerprint density at radius 1 is 1.00 bits per heavy atom. The highest BCUT2D eigenvalue weighted by atomic mass is 79.9. The van der Waals surface area contributed by atoms with Crippen LogP contribution in [0.25, 0.3) is 0 Å². The van der Waals surface area contributed by atoms with Gasteiger partial charge in [0.2, 0.25) is 0 Å². The average molecular weight is 352 g/mol. The first-order valence-electron chi connectivity index (χ1n) is 7.01. The topological polar surface area (TPSA) is 0 Å². The Labute approximate surface area is 135 Å². The molecule has 0 spiro atoms. The Hall–Kier alpha value is -0.790. The van der Waals surface area contributed by atoms with Gasteiger partial charge in [-0.15, -0.1) is 0 Å². The molecular weight excluding hydrogens is 332 g/mol. The molecule has 0 saturated carbocycles. The predicted molar refractivity (Wildman–Crippen MR) is 92.2 cm³/mol. The van der Waals surface area contributed by atoms with Crippen molar-refractivity contribution in [2.24, 2.45) is 0 Å². The van der Waals surface area contributed by atoms with Crippen LogP contribution < -0.4 is 0 Å². The summed E-state index contributed by atoms with van der Waals surface area (Å²) in [6.07, 6.45) is 1.01. The van der Waals surface area contributed by atoms with Crippen LogP contribution >= 0.6 is 27.5 Å². The van der Waals surface area contributed by atoms with Crippen molar-refractivity contribution in [1.82, 2.24) is 0 Å². The van der Waals surface area contributed by atoms with Crippen LogP contribution in [-0.2, 0) is 6.42 Å². The smallest absolute Gasteiger partial charge is 0.0441 e. The van der Waals surface area contributed by atoms with Crippen molar-refractivity contribution in [2.75, 3.05) is 5.33 Å². The van der Waals surface area contributed by atoms with Crippen LogP contribution in [0, 0.1) is 0 Å². The van der Waals surface area contributed by atoms with Gasteiger partial charge in [0, 0.05) is 10.4 Å². The summed E-state index contributed by atoms with van der Waals surface area (Å²) in [5.41, 5.74) is 3.97. The summed E-state index contributed by atoms with van der Waals surface area (Å²) in [5.74, 6) is 0.994. The number of benzene rings is 2. The molecule has 1 unspecified atom stereocenters. The summed E-state index contributed by atoms with van der Waals surface area (Å²) >= 11 is 9.93. The highest BCUT2D eigenvalue weighted by Gasteiger charge is 2.14. The lowest BCUT2D eigenvalue weighted by Crippen LogP contribution is -2.05. The quantitative estimate of drug-likeness (QED) is 0.564.